The van der Waals surface area contributed by atoms with Gasteiger partial charge in [-0.05, 0) is 43.1 Å². The van der Waals surface area contributed by atoms with E-state index in [-0.39, 0.29) is 0 Å². The van der Waals surface area contributed by atoms with Crippen LogP contribution in [0.5, 0.6) is 0 Å². The van der Waals surface area contributed by atoms with E-state index < -0.39 is 0 Å². The van der Waals surface area contributed by atoms with Gasteiger partial charge in [-0.25, -0.2) is 0 Å². The van der Waals surface area contributed by atoms with Gasteiger partial charge in [-0.15, -0.1) is 0 Å². The summed E-state index contributed by atoms with van der Waals surface area (Å²) in [7, 11) is 0. The van der Waals surface area contributed by atoms with E-state index in [0.717, 1.165) is 18.1 Å². The Labute approximate surface area is 112 Å². The Morgan fingerprint density at radius 3 is 2.83 bits per heavy atom. The molecule has 1 aliphatic rings. The van der Waals surface area contributed by atoms with Crippen molar-refractivity contribution in [3.8, 4) is 0 Å². The van der Waals surface area contributed by atoms with Crippen LogP contribution in [0.4, 0.5) is 0 Å². The number of rotatable bonds is 3. The molecule has 1 saturated heterocycles. The molecule has 0 spiro atoms. The van der Waals surface area contributed by atoms with E-state index in [1.165, 1.54) is 24.1 Å². The number of nitrogens with zero attached hydrogens (tertiary/aromatic N) is 2. The third-order valence-electron chi connectivity index (χ3n) is 3.54. The molecule has 1 aliphatic heterocycles. The summed E-state index contributed by atoms with van der Waals surface area (Å²) < 4.78 is 0. The van der Waals surface area contributed by atoms with Gasteiger partial charge in [-0.2, -0.15) is 5.10 Å². The summed E-state index contributed by atoms with van der Waals surface area (Å²) in [5.74, 6) is 0. The Kier molecular flexibility index (Phi) is 3.35. The van der Waals surface area contributed by atoms with E-state index in [4.69, 9.17) is 11.6 Å². The molecular weight excluding hydrogens is 246 g/mol. The molecule has 0 bridgehead atoms. The SMILES string of the molecule is Clc1ccc(CN2CCC[C@H]2c2ccn[nH]2)cc1. The monoisotopic (exact) mass is 261 g/mol. The van der Waals surface area contributed by atoms with Crippen LogP contribution in [-0.4, -0.2) is 21.6 Å². The normalized spacial score (nSPS) is 20.4. The van der Waals surface area contributed by atoms with Gasteiger partial charge in [-0.1, -0.05) is 23.7 Å². The average Bonchev–Trinajstić information content (AvgIpc) is 3.02. The lowest BCUT2D eigenvalue weighted by Crippen LogP contribution is -2.23. The Morgan fingerprint density at radius 2 is 2.11 bits per heavy atom. The summed E-state index contributed by atoms with van der Waals surface area (Å²) in [6.07, 6.45) is 4.28. The van der Waals surface area contributed by atoms with Crippen LogP contribution in [0.2, 0.25) is 5.02 Å². The lowest BCUT2D eigenvalue weighted by molar-refractivity contribution is 0.244. The van der Waals surface area contributed by atoms with Crippen LogP contribution in [0.15, 0.2) is 36.5 Å². The van der Waals surface area contributed by atoms with Crippen LogP contribution in [0.25, 0.3) is 0 Å². The molecule has 1 N–H and O–H groups in total. The molecule has 1 fully saturated rings. The van der Waals surface area contributed by atoms with Crippen molar-refractivity contribution < 1.29 is 0 Å². The molecule has 4 heteroatoms. The quantitative estimate of drug-likeness (QED) is 0.918. The van der Waals surface area contributed by atoms with Gasteiger partial charge in [0, 0.05) is 17.8 Å². The Hall–Kier alpha value is -1.32. The fourth-order valence-electron chi connectivity index (χ4n) is 2.64. The summed E-state index contributed by atoms with van der Waals surface area (Å²) in [6.45, 7) is 2.12. The molecule has 2 aromatic rings. The van der Waals surface area contributed by atoms with Gasteiger partial charge in [0.2, 0.25) is 0 Å². The first kappa shape index (κ1) is 11.8. The molecule has 1 atom stereocenters. The zero-order chi connectivity index (χ0) is 12.4. The van der Waals surface area contributed by atoms with Crippen molar-refractivity contribution in [3.05, 3.63) is 52.8 Å². The number of H-pyrrole nitrogens is 1. The maximum atomic E-state index is 5.91. The van der Waals surface area contributed by atoms with E-state index in [9.17, 15) is 0 Å². The Bertz CT molecular complexity index is 492. The first-order valence-corrected chi connectivity index (χ1v) is 6.68. The Balaban J connectivity index is 1.73. The Morgan fingerprint density at radius 1 is 1.28 bits per heavy atom. The topological polar surface area (TPSA) is 31.9 Å². The van der Waals surface area contributed by atoms with Crippen molar-refractivity contribution >= 4 is 11.6 Å². The second-order valence-corrected chi connectivity index (χ2v) is 5.20. The van der Waals surface area contributed by atoms with Crippen LogP contribution in [0.1, 0.15) is 30.1 Å². The number of halogens is 1. The molecule has 18 heavy (non-hydrogen) atoms. The number of nitrogens with one attached hydrogen (secondary N) is 1. The lowest BCUT2D eigenvalue weighted by atomic mass is 10.1. The second-order valence-electron chi connectivity index (χ2n) is 4.77. The van der Waals surface area contributed by atoms with Crippen molar-refractivity contribution in [2.75, 3.05) is 6.54 Å². The summed E-state index contributed by atoms with van der Waals surface area (Å²) in [5, 5.41) is 7.94. The number of hydrogen-bond donors (Lipinski definition) is 1. The molecule has 3 rings (SSSR count). The van der Waals surface area contributed by atoms with Gasteiger partial charge >= 0.3 is 0 Å². The van der Waals surface area contributed by atoms with Gasteiger partial charge in [0.25, 0.3) is 0 Å². The minimum atomic E-state index is 0.475. The summed E-state index contributed by atoms with van der Waals surface area (Å²) in [6, 6.07) is 10.7. The number of aromatic amines is 1. The molecule has 0 unspecified atom stereocenters. The van der Waals surface area contributed by atoms with Crippen LogP contribution in [-0.2, 0) is 6.54 Å². The fourth-order valence-corrected chi connectivity index (χ4v) is 2.77. The molecule has 0 aliphatic carbocycles. The number of likely N-dealkylation sites (tertiary alicyclic amines) is 1. The van der Waals surface area contributed by atoms with Crippen LogP contribution < -0.4 is 0 Å². The van der Waals surface area contributed by atoms with Crippen LogP contribution >= 0.6 is 11.6 Å². The molecular formula is C14H16ClN3. The van der Waals surface area contributed by atoms with Crippen LogP contribution in [0.3, 0.4) is 0 Å². The molecule has 1 aromatic heterocycles. The van der Waals surface area contributed by atoms with Gasteiger partial charge in [0.15, 0.2) is 0 Å². The van der Waals surface area contributed by atoms with Gasteiger partial charge < -0.3 is 0 Å². The van der Waals surface area contributed by atoms with Crippen molar-refractivity contribution in [1.82, 2.24) is 15.1 Å². The van der Waals surface area contributed by atoms with E-state index in [1.54, 1.807) is 0 Å². The molecule has 0 radical (unpaired) electrons. The molecule has 2 heterocycles. The highest BCUT2D eigenvalue weighted by atomic mass is 35.5. The zero-order valence-corrected chi connectivity index (χ0v) is 10.9. The van der Waals surface area contributed by atoms with Crippen molar-refractivity contribution in [2.45, 2.75) is 25.4 Å². The highest BCUT2D eigenvalue weighted by Crippen LogP contribution is 2.31. The van der Waals surface area contributed by atoms with Gasteiger partial charge in [0.1, 0.15) is 0 Å². The summed E-state index contributed by atoms with van der Waals surface area (Å²) in [4.78, 5) is 2.50. The maximum absolute atomic E-state index is 5.91. The van der Waals surface area contributed by atoms with Gasteiger partial charge in [-0.3, -0.25) is 10.00 Å². The predicted octanol–water partition coefficient (Wildman–Crippen LogP) is 3.40. The number of aromatic nitrogens is 2. The first-order valence-electron chi connectivity index (χ1n) is 6.31. The van der Waals surface area contributed by atoms with E-state index in [0.29, 0.717) is 6.04 Å². The number of benzene rings is 1. The maximum Gasteiger partial charge on any atom is 0.0523 e. The predicted molar refractivity (Wildman–Crippen MR) is 72.4 cm³/mol. The van der Waals surface area contributed by atoms with Crippen molar-refractivity contribution in [1.29, 1.82) is 0 Å². The van der Waals surface area contributed by atoms with E-state index in [2.05, 4.69) is 33.3 Å². The van der Waals surface area contributed by atoms with Crippen molar-refractivity contribution in [2.24, 2.45) is 0 Å². The van der Waals surface area contributed by atoms with Gasteiger partial charge in [0.05, 0.1) is 11.7 Å². The fraction of sp³-hybridized carbons (Fsp3) is 0.357. The second kappa shape index (κ2) is 5.12. The smallest absolute Gasteiger partial charge is 0.0523 e. The third-order valence-corrected chi connectivity index (χ3v) is 3.80. The standard InChI is InChI=1S/C14H16ClN3/c15-12-5-3-11(4-6-12)10-18-9-1-2-14(18)13-7-8-16-17-13/h3-8,14H,1-2,9-10H2,(H,16,17)/t14-/m0/s1. The largest absolute Gasteiger partial charge is 0.291 e. The summed E-state index contributed by atoms with van der Waals surface area (Å²) >= 11 is 5.91. The summed E-state index contributed by atoms with van der Waals surface area (Å²) in [5.41, 5.74) is 2.53. The van der Waals surface area contributed by atoms with Crippen molar-refractivity contribution in [3.63, 3.8) is 0 Å². The van der Waals surface area contributed by atoms with E-state index >= 15 is 0 Å². The third kappa shape index (κ3) is 2.42. The highest BCUT2D eigenvalue weighted by Gasteiger charge is 2.26. The van der Waals surface area contributed by atoms with E-state index in [1.807, 2.05) is 18.3 Å². The molecule has 0 amide bonds. The zero-order valence-electron chi connectivity index (χ0n) is 10.1. The van der Waals surface area contributed by atoms with Crippen LogP contribution in [0, 0.1) is 0 Å². The molecule has 3 nitrogen and oxygen atoms in total. The molecule has 0 saturated carbocycles. The lowest BCUT2D eigenvalue weighted by Gasteiger charge is -2.23. The minimum absolute atomic E-state index is 0.475. The highest BCUT2D eigenvalue weighted by molar-refractivity contribution is 6.30. The average molecular weight is 262 g/mol. The molecule has 94 valence electrons. The number of hydrogen-bond acceptors (Lipinski definition) is 2. The minimum Gasteiger partial charge on any atom is -0.291 e. The first-order chi connectivity index (χ1) is 8.83. The molecule has 1 aromatic carbocycles.